The second kappa shape index (κ2) is 9.24. The van der Waals surface area contributed by atoms with E-state index in [1.807, 2.05) is 42.5 Å². The molecule has 1 heterocycles. The monoisotopic (exact) mass is 450 g/mol. The van der Waals surface area contributed by atoms with Crippen molar-refractivity contribution in [2.75, 3.05) is 31.0 Å². The highest BCUT2D eigenvalue weighted by Crippen LogP contribution is 2.42. The number of hydrogen-bond donors (Lipinski definition) is 1. The predicted molar refractivity (Wildman–Crippen MR) is 126 cm³/mol. The number of methoxy groups -OCH3 is 2. The van der Waals surface area contributed by atoms with Crippen LogP contribution < -0.4 is 24.4 Å². The molecule has 1 atom stereocenters. The van der Waals surface area contributed by atoms with Gasteiger partial charge in [0.25, 0.3) is 5.91 Å². The fraction of sp³-hybridized carbons (Fsp3) is 0.160. The third-order valence-electron chi connectivity index (χ3n) is 5.21. The zero-order valence-electron chi connectivity index (χ0n) is 17.8. The summed E-state index contributed by atoms with van der Waals surface area (Å²) in [6.45, 7) is 3.99. The van der Waals surface area contributed by atoms with E-state index < -0.39 is 6.17 Å². The predicted octanol–water partition coefficient (Wildman–Crippen LogP) is 5.69. The van der Waals surface area contributed by atoms with E-state index in [1.54, 1.807) is 43.4 Å². The van der Waals surface area contributed by atoms with Crippen molar-refractivity contribution in [3.05, 3.63) is 89.5 Å². The van der Waals surface area contributed by atoms with Crippen molar-refractivity contribution in [2.45, 2.75) is 6.17 Å². The minimum Gasteiger partial charge on any atom is -0.497 e. The highest BCUT2D eigenvalue weighted by atomic mass is 35.5. The molecule has 164 valence electrons. The number of benzene rings is 3. The molecule has 0 aliphatic carbocycles. The van der Waals surface area contributed by atoms with Crippen LogP contribution in [0, 0.1) is 0 Å². The van der Waals surface area contributed by atoms with Gasteiger partial charge in [-0.3, -0.25) is 9.69 Å². The summed E-state index contributed by atoms with van der Waals surface area (Å²) in [5.74, 6) is 1.57. The number of anilines is 2. The average molecular weight is 451 g/mol. The molecule has 0 unspecified atom stereocenters. The molecule has 7 heteroatoms. The molecule has 1 aliphatic heterocycles. The van der Waals surface area contributed by atoms with Crippen LogP contribution in [0.5, 0.6) is 17.2 Å². The zero-order chi connectivity index (χ0) is 22.7. The Labute approximate surface area is 192 Å². The van der Waals surface area contributed by atoms with Gasteiger partial charge >= 0.3 is 0 Å². The molecular formula is C25H23ClN2O4. The van der Waals surface area contributed by atoms with Gasteiger partial charge in [-0.2, -0.15) is 0 Å². The quantitative estimate of drug-likeness (QED) is 0.468. The van der Waals surface area contributed by atoms with Gasteiger partial charge in [-0.05, 0) is 42.5 Å². The summed E-state index contributed by atoms with van der Waals surface area (Å²) in [5, 5.41) is 3.89. The topological polar surface area (TPSA) is 60.0 Å². The zero-order valence-corrected chi connectivity index (χ0v) is 18.6. The lowest BCUT2D eigenvalue weighted by atomic mass is 10.0. The van der Waals surface area contributed by atoms with Gasteiger partial charge in [0.05, 0.1) is 24.8 Å². The molecule has 0 spiro atoms. The summed E-state index contributed by atoms with van der Waals surface area (Å²) in [6.07, 6.45) is 1.07. The Morgan fingerprint density at radius 2 is 1.81 bits per heavy atom. The van der Waals surface area contributed by atoms with Gasteiger partial charge in [-0.25, -0.2) is 0 Å². The van der Waals surface area contributed by atoms with Crippen LogP contribution in [0.2, 0.25) is 5.02 Å². The van der Waals surface area contributed by atoms with Gasteiger partial charge in [-0.1, -0.05) is 36.4 Å². The maximum atomic E-state index is 13.6. The maximum absolute atomic E-state index is 13.6. The van der Waals surface area contributed by atoms with Crippen LogP contribution in [0.3, 0.4) is 0 Å². The number of para-hydroxylation sites is 1. The molecule has 0 bridgehead atoms. The first kappa shape index (κ1) is 21.6. The van der Waals surface area contributed by atoms with Crippen LogP contribution in [0.1, 0.15) is 22.1 Å². The SMILES string of the molecule is C=CCOc1cc(Cl)c([C@@H]2Nc3ccccc3C(=O)N2c2ccc(OC)cc2)cc1OC. The fourth-order valence-electron chi connectivity index (χ4n) is 3.66. The number of hydrogen-bond acceptors (Lipinski definition) is 5. The van der Waals surface area contributed by atoms with Gasteiger partial charge < -0.3 is 19.5 Å². The van der Waals surface area contributed by atoms with Crippen LogP contribution in [0.4, 0.5) is 11.4 Å². The molecular weight excluding hydrogens is 428 g/mol. The minimum atomic E-state index is -0.569. The molecule has 0 aromatic heterocycles. The van der Waals surface area contributed by atoms with Crippen molar-refractivity contribution in [3.8, 4) is 17.2 Å². The number of nitrogens with one attached hydrogen (secondary N) is 1. The van der Waals surface area contributed by atoms with Crippen molar-refractivity contribution in [1.82, 2.24) is 0 Å². The standard InChI is InChI=1S/C25H23ClN2O4/c1-4-13-32-23-15-20(26)19(14-22(23)31-3)24-27-21-8-6-5-7-18(21)25(29)28(24)16-9-11-17(30-2)12-10-16/h4-12,14-15,24,27H,1,13H2,2-3H3/t24-/m1/s1. The molecule has 1 amide bonds. The number of carbonyl (C=O) groups is 1. The Morgan fingerprint density at radius 3 is 2.50 bits per heavy atom. The average Bonchev–Trinajstić information content (AvgIpc) is 2.83. The van der Waals surface area contributed by atoms with E-state index in [1.165, 1.54) is 0 Å². The molecule has 1 aliphatic rings. The molecule has 6 nitrogen and oxygen atoms in total. The molecule has 1 N–H and O–H groups in total. The lowest BCUT2D eigenvalue weighted by molar-refractivity contribution is 0.0975. The Hall–Kier alpha value is -3.64. The van der Waals surface area contributed by atoms with Crippen LogP contribution in [-0.2, 0) is 0 Å². The summed E-state index contributed by atoms with van der Waals surface area (Å²) < 4.78 is 16.5. The molecule has 3 aromatic carbocycles. The van der Waals surface area contributed by atoms with Gasteiger partial charge in [0.15, 0.2) is 11.5 Å². The first-order valence-corrected chi connectivity index (χ1v) is 10.4. The van der Waals surface area contributed by atoms with Crippen LogP contribution in [-0.4, -0.2) is 26.7 Å². The van der Waals surface area contributed by atoms with Crippen LogP contribution in [0.15, 0.2) is 73.3 Å². The number of amides is 1. The van der Waals surface area contributed by atoms with E-state index in [0.717, 1.165) is 5.69 Å². The Morgan fingerprint density at radius 1 is 1.06 bits per heavy atom. The van der Waals surface area contributed by atoms with E-state index in [2.05, 4.69) is 11.9 Å². The normalized spacial score (nSPS) is 14.9. The smallest absolute Gasteiger partial charge is 0.262 e. The Balaban J connectivity index is 1.84. The molecule has 0 radical (unpaired) electrons. The van der Waals surface area contributed by atoms with Crippen molar-refractivity contribution >= 4 is 28.9 Å². The fourth-order valence-corrected chi connectivity index (χ4v) is 3.92. The Bertz CT molecular complexity index is 1150. The first-order chi connectivity index (χ1) is 15.6. The molecule has 4 rings (SSSR count). The van der Waals surface area contributed by atoms with E-state index in [0.29, 0.717) is 45.7 Å². The second-order valence-corrected chi connectivity index (χ2v) is 7.50. The summed E-state index contributed by atoms with van der Waals surface area (Å²) in [7, 11) is 3.16. The van der Waals surface area contributed by atoms with Crippen LogP contribution >= 0.6 is 11.6 Å². The summed E-state index contributed by atoms with van der Waals surface area (Å²) >= 11 is 6.69. The lowest BCUT2D eigenvalue weighted by Crippen LogP contribution is -2.43. The summed E-state index contributed by atoms with van der Waals surface area (Å²) in [4.78, 5) is 15.2. The largest absolute Gasteiger partial charge is 0.497 e. The van der Waals surface area contributed by atoms with Crippen molar-refractivity contribution in [3.63, 3.8) is 0 Å². The summed E-state index contributed by atoms with van der Waals surface area (Å²) in [6, 6.07) is 18.2. The van der Waals surface area contributed by atoms with E-state index in [-0.39, 0.29) is 5.91 Å². The Kier molecular flexibility index (Phi) is 6.23. The number of ether oxygens (including phenoxy) is 3. The van der Waals surface area contributed by atoms with Gasteiger partial charge in [0.1, 0.15) is 18.5 Å². The highest BCUT2D eigenvalue weighted by molar-refractivity contribution is 6.31. The molecule has 0 saturated carbocycles. The van der Waals surface area contributed by atoms with E-state index in [9.17, 15) is 4.79 Å². The van der Waals surface area contributed by atoms with Gasteiger partial charge in [-0.15, -0.1) is 0 Å². The number of fused-ring (bicyclic) bond motifs is 1. The lowest BCUT2D eigenvalue weighted by Gasteiger charge is -2.38. The molecule has 32 heavy (non-hydrogen) atoms. The third-order valence-corrected chi connectivity index (χ3v) is 5.54. The van der Waals surface area contributed by atoms with Crippen LogP contribution in [0.25, 0.3) is 0 Å². The molecule has 3 aromatic rings. The maximum Gasteiger partial charge on any atom is 0.262 e. The number of halogens is 1. The number of carbonyl (C=O) groups excluding carboxylic acids is 1. The van der Waals surface area contributed by atoms with E-state index in [4.69, 9.17) is 25.8 Å². The number of rotatable bonds is 7. The minimum absolute atomic E-state index is 0.142. The van der Waals surface area contributed by atoms with Gasteiger partial charge in [0.2, 0.25) is 0 Å². The highest BCUT2D eigenvalue weighted by Gasteiger charge is 2.35. The molecule has 0 saturated heterocycles. The van der Waals surface area contributed by atoms with Gasteiger partial charge in [0, 0.05) is 23.0 Å². The molecule has 0 fully saturated rings. The number of nitrogens with zero attached hydrogens (tertiary/aromatic N) is 1. The summed E-state index contributed by atoms with van der Waals surface area (Å²) in [5.41, 5.74) is 2.68. The van der Waals surface area contributed by atoms with E-state index >= 15 is 0 Å². The first-order valence-electron chi connectivity index (χ1n) is 10.0. The van der Waals surface area contributed by atoms with Crippen molar-refractivity contribution < 1.29 is 19.0 Å². The third kappa shape index (κ3) is 3.97. The van der Waals surface area contributed by atoms with Crippen molar-refractivity contribution in [2.24, 2.45) is 0 Å². The van der Waals surface area contributed by atoms with Crippen molar-refractivity contribution in [1.29, 1.82) is 0 Å². The second-order valence-electron chi connectivity index (χ2n) is 7.09.